The Morgan fingerprint density at radius 2 is 1.64 bits per heavy atom. The van der Waals surface area contributed by atoms with Crippen LogP contribution in [0.2, 0.25) is 0 Å². The largest absolute Gasteiger partial charge is 0.342 e. The predicted octanol–water partition coefficient (Wildman–Crippen LogP) is 5.95. The molecule has 0 aliphatic rings. The van der Waals surface area contributed by atoms with Gasteiger partial charge in [0.2, 0.25) is 5.91 Å². The monoisotopic (exact) mass is 484 g/mol. The Kier molecular flexibility index (Phi) is 9.90. The van der Waals surface area contributed by atoms with Crippen LogP contribution in [0, 0.1) is 25.2 Å². The lowest BCUT2D eigenvalue weighted by Crippen LogP contribution is -2.38. The van der Waals surface area contributed by atoms with E-state index in [1.807, 2.05) is 17.0 Å². The van der Waals surface area contributed by atoms with Crippen molar-refractivity contribution < 1.29 is 4.79 Å². The first-order chi connectivity index (χ1) is 17.4. The summed E-state index contributed by atoms with van der Waals surface area (Å²) in [6, 6.07) is 21.3. The van der Waals surface area contributed by atoms with Gasteiger partial charge in [0.05, 0.1) is 18.2 Å². The molecule has 36 heavy (non-hydrogen) atoms. The topological polar surface area (TPSA) is 52.3 Å². The lowest BCUT2D eigenvalue weighted by Gasteiger charge is -2.25. The van der Waals surface area contributed by atoms with Gasteiger partial charge in [-0.3, -0.25) is 4.79 Å². The number of benzene rings is 2. The van der Waals surface area contributed by atoms with Gasteiger partial charge in [0, 0.05) is 43.0 Å². The summed E-state index contributed by atoms with van der Waals surface area (Å²) in [5.41, 5.74) is 7.95. The summed E-state index contributed by atoms with van der Waals surface area (Å²) in [6.45, 7) is 15.1. The average molecular weight is 485 g/mol. The van der Waals surface area contributed by atoms with E-state index in [4.69, 9.17) is 5.26 Å². The highest BCUT2D eigenvalue weighted by Gasteiger charge is 2.17. The maximum absolute atomic E-state index is 13.1. The molecular formula is C31H40N4O. The molecule has 5 nitrogen and oxygen atoms in total. The fourth-order valence-corrected chi connectivity index (χ4v) is 4.80. The fraction of sp³-hybridized carbons (Fsp3) is 0.419. The Morgan fingerprint density at radius 3 is 2.25 bits per heavy atom. The van der Waals surface area contributed by atoms with Gasteiger partial charge in [-0.15, -0.1) is 0 Å². The number of nitrogens with zero attached hydrogens (tertiary/aromatic N) is 4. The third-order valence-electron chi connectivity index (χ3n) is 7.01. The molecule has 0 atom stereocenters. The van der Waals surface area contributed by atoms with E-state index >= 15 is 0 Å². The summed E-state index contributed by atoms with van der Waals surface area (Å²) in [6.07, 6.45) is 1.55. The molecule has 0 radical (unpaired) electrons. The molecule has 2 aromatic carbocycles. The number of nitriles is 1. The Balaban J connectivity index is 1.88. The van der Waals surface area contributed by atoms with Crippen LogP contribution in [0.5, 0.6) is 0 Å². The minimum absolute atomic E-state index is 0.204. The van der Waals surface area contributed by atoms with Crippen molar-refractivity contribution in [1.82, 2.24) is 14.4 Å². The second kappa shape index (κ2) is 13.1. The van der Waals surface area contributed by atoms with Crippen LogP contribution in [0.15, 0.2) is 54.6 Å². The molecule has 0 bridgehead atoms. The van der Waals surface area contributed by atoms with E-state index in [1.54, 1.807) is 0 Å². The Labute approximate surface area is 217 Å². The molecule has 0 aliphatic heterocycles. The molecule has 0 aliphatic carbocycles. The summed E-state index contributed by atoms with van der Waals surface area (Å²) < 4.78 is 2.27. The number of aryl methyl sites for hydroxylation is 3. The van der Waals surface area contributed by atoms with Gasteiger partial charge in [0.15, 0.2) is 0 Å². The minimum Gasteiger partial charge on any atom is -0.342 e. The van der Waals surface area contributed by atoms with Crippen LogP contribution < -0.4 is 0 Å². The Bertz CT molecular complexity index is 1180. The van der Waals surface area contributed by atoms with Gasteiger partial charge in [-0.2, -0.15) is 5.26 Å². The van der Waals surface area contributed by atoms with Crippen LogP contribution >= 0.6 is 0 Å². The average Bonchev–Trinajstić information content (AvgIpc) is 3.29. The zero-order valence-corrected chi connectivity index (χ0v) is 22.6. The highest BCUT2D eigenvalue weighted by Crippen LogP contribution is 2.30. The first-order valence-electron chi connectivity index (χ1n) is 13.2. The quantitative estimate of drug-likeness (QED) is 0.319. The molecule has 0 unspecified atom stereocenters. The second-order valence-electron chi connectivity index (χ2n) is 9.37. The van der Waals surface area contributed by atoms with E-state index in [-0.39, 0.29) is 5.91 Å². The van der Waals surface area contributed by atoms with Gasteiger partial charge in [-0.1, -0.05) is 49.7 Å². The maximum atomic E-state index is 13.1. The molecule has 3 rings (SSSR count). The van der Waals surface area contributed by atoms with E-state index in [1.165, 1.54) is 16.7 Å². The smallest absolute Gasteiger partial charge is 0.222 e. The molecular weight excluding hydrogens is 444 g/mol. The third kappa shape index (κ3) is 6.65. The lowest BCUT2D eigenvalue weighted by molar-refractivity contribution is -0.131. The molecule has 1 heterocycles. The number of likely N-dealkylation sites (N-methyl/N-ethyl adjacent to an activating group) is 2. The lowest BCUT2D eigenvalue weighted by atomic mass is 10.0. The summed E-state index contributed by atoms with van der Waals surface area (Å²) in [5.74, 6) is 0.204. The van der Waals surface area contributed by atoms with Crippen molar-refractivity contribution in [2.75, 3.05) is 32.7 Å². The zero-order valence-electron chi connectivity index (χ0n) is 22.6. The van der Waals surface area contributed by atoms with Crippen LogP contribution in [0.1, 0.15) is 49.6 Å². The van der Waals surface area contributed by atoms with Crippen LogP contribution in [-0.4, -0.2) is 53.0 Å². The van der Waals surface area contributed by atoms with Crippen molar-refractivity contribution in [3.8, 4) is 23.0 Å². The van der Waals surface area contributed by atoms with Crippen LogP contribution in [0.4, 0.5) is 0 Å². The Morgan fingerprint density at radius 1 is 0.917 bits per heavy atom. The molecule has 0 N–H and O–H groups in total. The van der Waals surface area contributed by atoms with Crippen molar-refractivity contribution in [2.24, 2.45) is 0 Å². The number of aromatic nitrogens is 1. The Hall–Kier alpha value is -3.36. The molecule has 1 amide bonds. The number of hydrogen-bond donors (Lipinski definition) is 0. The number of carbonyl (C=O) groups excluding carboxylic acids is 1. The van der Waals surface area contributed by atoms with Gasteiger partial charge in [0.25, 0.3) is 0 Å². The molecule has 190 valence electrons. The molecule has 0 saturated heterocycles. The molecule has 0 fully saturated rings. The first-order valence-corrected chi connectivity index (χ1v) is 13.2. The van der Waals surface area contributed by atoms with Gasteiger partial charge in [-0.05, 0) is 75.7 Å². The summed E-state index contributed by atoms with van der Waals surface area (Å²) in [7, 11) is 0. The minimum atomic E-state index is 0.204. The van der Waals surface area contributed by atoms with E-state index in [9.17, 15) is 4.79 Å². The van der Waals surface area contributed by atoms with Gasteiger partial charge in [-0.25, -0.2) is 0 Å². The van der Waals surface area contributed by atoms with Gasteiger partial charge < -0.3 is 14.4 Å². The van der Waals surface area contributed by atoms with Crippen molar-refractivity contribution in [3.63, 3.8) is 0 Å². The predicted molar refractivity (Wildman–Crippen MR) is 148 cm³/mol. The molecule has 3 aromatic rings. The van der Waals surface area contributed by atoms with E-state index in [0.29, 0.717) is 19.3 Å². The van der Waals surface area contributed by atoms with Crippen molar-refractivity contribution in [2.45, 2.75) is 53.9 Å². The number of amides is 1. The van der Waals surface area contributed by atoms with Gasteiger partial charge in [0.1, 0.15) is 0 Å². The van der Waals surface area contributed by atoms with Crippen LogP contribution in [0.3, 0.4) is 0 Å². The highest BCUT2D eigenvalue weighted by atomic mass is 16.2. The van der Waals surface area contributed by atoms with E-state index < -0.39 is 0 Å². The maximum Gasteiger partial charge on any atom is 0.222 e. The standard InChI is InChI=1S/C31H40N4O/c1-6-33(7-2)21-22-34(8-3)31(36)18-15-28-14-17-30(29-16-9-24(4)23-25(29)5)35(28)27-12-10-26(11-13-27)19-20-32/h9-14,16-17,23H,6-8,15,18-19,21-22H2,1-5H3. The fourth-order valence-electron chi connectivity index (χ4n) is 4.80. The van der Waals surface area contributed by atoms with E-state index in [0.717, 1.165) is 55.4 Å². The SMILES string of the molecule is CCN(CC)CCN(CC)C(=O)CCc1ccc(-c2ccc(C)cc2C)n1-c1ccc(CC#N)cc1. The second-order valence-corrected chi connectivity index (χ2v) is 9.37. The van der Waals surface area contributed by atoms with Gasteiger partial charge >= 0.3 is 0 Å². The molecule has 1 aromatic heterocycles. The highest BCUT2D eigenvalue weighted by molar-refractivity contribution is 5.76. The number of hydrogen-bond acceptors (Lipinski definition) is 3. The van der Waals surface area contributed by atoms with Crippen molar-refractivity contribution in [3.05, 3.63) is 77.0 Å². The first kappa shape index (κ1) is 27.2. The zero-order chi connectivity index (χ0) is 26.1. The third-order valence-corrected chi connectivity index (χ3v) is 7.01. The number of rotatable bonds is 12. The summed E-state index contributed by atoms with van der Waals surface area (Å²) in [4.78, 5) is 17.5. The van der Waals surface area contributed by atoms with Crippen LogP contribution in [0.25, 0.3) is 16.9 Å². The molecule has 0 saturated carbocycles. The molecule has 5 heteroatoms. The summed E-state index contributed by atoms with van der Waals surface area (Å²) >= 11 is 0. The van der Waals surface area contributed by atoms with Crippen LogP contribution in [-0.2, 0) is 17.6 Å². The molecule has 0 spiro atoms. The van der Waals surface area contributed by atoms with Crippen molar-refractivity contribution in [1.29, 1.82) is 5.26 Å². The normalized spacial score (nSPS) is 11.0. The van der Waals surface area contributed by atoms with Crippen molar-refractivity contribution >= 4 is 5.91 Å². The summed E-state index contributed by atoms with van der Waals surface area (Å²) in [5, 5.41) is 9.05. The number of carbonyl (C=O) groups is 1. The van der Waals surface area contributed by atoms with E-state index in [2.05, 4.69) is 92.6 Å².